The van der Waals surface area contributed by atoms with E-state index in [9.17, 15) is 0 Å². The van der Waals surface area contributed by atoms with Crippen molar-refractivity contribution in [3.8, 4) is 0 Å². The van der Waals surface area contributed by atoms with Crippen molar-refractivity contribution in [3.05, 3.63) is 101 Å². The van der Waals surface area contributed by atoms with Crippen LogP contribution in [0.4, 0.5) is 11.4 Å². The van der Waals surface area contributed by atoms with Gasteiger partial charge in [0.15, 0.2) is 0 Å². The first-order valence-corrected chi connectivity index (χ1v) is 9.98. The first kappa shape index (κ1) is 17.1. The Morgan fingerprint density at radius 1 is 0.769 bits per heavy atom. The maximum absolute atomic E-state index is 3.59. The third-order valence-corrected chi connectivity index (χ3v) is 5.50. The SMILES string of the molecule is BrC1=CC=C(c2ccc(N(C3=CCCC=C3)c3ccccc3)cc2)CC1. The Kier molecular flexibility index (Phi) is 5.21. The van der Waals surface area contributed by atoms with Crippen LogP contribution in [0.1, 0.15) is 31.2 Å². The predicted octanol–water partition coefficient (Wildman–Crippen LogP) is 7.51. The summed E-state index contributed by atoms with van der Waals surface area (Å²) in [5.41, 5.74) is 6.36. The van der Waals surface area contributed by atoms with Gasteiger partial charge in [-0.3, -0.25) is 0 Å². The zero-order valence-corrected chi connectivity index (χ0v) is 16.3. The Hall–Kier alpha value is -2.32. The molecule has 1 nitrogen and oxygen atoms in total. The molecular weight excluding hydrogens is 382 g/mol. The summed E-state index contributed by atoms with van der Waals surface area (Å²) in [6.07, 6.45) is 15.6. The molecule has 130 valence electrons. The van der Waals surface area contributed by atoms with Crippen LogP contribution in [0, 0.1) is 0 Å². The van der Waals surface area contributed by atoms with E-state index in [2.05, 4.69) is 106 Å². The van der Waals surface area contributed by atoms with Crippen molar-refractivity contribution in [3.63, 3.8) is 0 Å². The van der Waals surface area contributed by atoms with Crippen LogP contribution in [0.15, 0.2) is 95.2 Å². The van der Waals surface area contributed by atoms with Gasteiger partial charge < -0.3 is 4.90 Å². The topological polar surface area (TPSA) is 3.24 Å². The van der Waals surface area contributed by atoms with Crippen LogP contribution in [0.5, 0.6) is 0 Å². The molecule has 0 saturated carbocycles. The van der Waals surface area contributed by atoms with Crippen molar-refractivity contribution >= 4 is 32.9 Å². The molecular formula is C24H22BrN. The third-order valence-electron chi connectivity index (χ3n) is 4.84. The van der Waals surface area contributed by atoms with Crippen molar-refractivity contribution in [1.29, 1.82) is 0 Å². The average molecular weight is 404 g/mol. The van der Waals surface area contributed by atoms with Gasteiger partial charge in [-0.2, -0.15) is 0 Å². The Labute approximate surface area is 164 Å². The van der Waals surface area contributed by atoms with Gasteiger partial charge in [0.25, 0.3) is 0 Å². The summed E-state index contributed by atoms with van der Waals surface area (Å²) in [5, 5.41) is 0. The molecule has 0 bridgehead atoms. The lowest BCUT2D eigenvalue weighted by molar-refractivity contribution is 0.997. The Bertz CT molecular complexity index is 886. The van der Waals surface area contributed by atoms with Gasteiger partial charge in [-0.15, -0.1) is 0 Å². The maximum Gasteiger partial charge on any atom is 0.0461 e. The number of allylic oxidation sites excluding steroid dienone is 7. The highest BCUT2D eigenvalue weighted by Gasteiger charge is 2.14. The molecule has 2 aliphatic rings. The fourth-order valence-electron chi connectivity index (χ4n) is 3.47. The number of halogens is 1. The number of anilines is 2. The molecule has 0 unspecified atom stereocenters. The highest BCUT2D eigenvalue weighted by molar-refractivity contribution is 9.11. The maximum atomic E-state index is 3.59. The fraction of sp³-hybridized carbons (Fsp3) is 0.167. The summed E-state index contributed by atoms with van der Waals surface area (Å²) in [4.78, 5) is 2.34. The van der Waals surface area contributed by atoms with Crippen LogP contribution in [0.3, 0.4) is 0 Å². The minimum atomic E-state index is 1.08. The molecule has 0 aromatic heterocycles. The largest absolute Gasteiger partial charge is 0.311 e. The van der Waals surface area contributed by atoms with Crippen LogP contribution < -0.4 is 4.90 Å². The highest BCUT2D eigenvalue weighted by atomic mass is 79.9. The second-order valence-electron chi connectivity index (χ2n) is 6.63. The molecule has 2 heteroatoms. The van der Waals surface area contributed by atoms with Gasteiger partial charge in [-0.1, -0.05) is 70.6 Å². The van der Waals surface area contributed by atoms with E-state index in [1.54, 1.807) is 0 Å². The van der Waals surface area contributed by atoms with Gasteiger partial charge in [-0.05, 0) is 71.6 Å². The molecule has 0 atom stereocenters. The molecule has 0 saturated heterocycles. The van der Waals surface area contributed by atoms with Gasteiger partial charge in [0, 0.05) is 17.1 Å². The quantitative estimate of drug-likeness (QED) is 0.510. The van der Waals surface area contributed by atoms with E-state index in [1.807, 2.05) is 0 Å². The fourth-order valence-corrected chi connectivity index (χ4v) is 3.80. The number of rotatable bonds is 4. The van der Waals surface area contributed by atoms with Gasteiger partial charge in [0.2, 0.25) is 0 Å². The monoisotopic (exact) mass is 403 g/mol. The molecule has 2 aliphatic carbocycles. The molecule has 0 radical (unpaired) electrons. The summed E-state index contributed by atoms with van der Waals surface area (Å²) >= 11 is 3.59. The third kappa shape index (κ3) is 3.76. The second-order valence-corrected chi connectivity index (χ2v) is 7.65. The molecule has 0 fully saturated rings. The Morgan fingerprint density at radius 3 is 2.19 bits per heavy atom. The van der Waals surface area contributed by atoms with E-state index >= 15 is 0 Å². The van der Waals surface area contributed by atoms with Crippen molar-refractivity contribution in [2.24, 2.45) is 0 Å². The molecule has 2 aromatic carbocycles. The van der Waals surface area contributed by atoms with Gasteiger partial charge in [0.05, 0.1) is 0 Å². The van der Waals surface area contributed by atoms with E-state index in [1.165, 1.54) is 32.7 Å². The lowest BCUT2D eigenvalue weighted by Crippen LogP contribution is -2.16. The number of hydrogen-bond donors (Lipinski definition) is 0. The van der Waals surface area contributed by atoms with E-state index < -0.39 is 0 Å². The minimum Gasteiger partial charge on any atom is -0.311 e. The molecule has 0 amide bonds. The molecule has 0 aliphatic heterocycles. The van der Waals surface area contributed by atoms with Crippen LogP contribution in [-0.4, -0.2) is 0 Å². The summed E-state index contributed by atoms with van der Waals surface area (Å²) < 4.78 is 1.28. The predicted molar refractivity (Wildman–Crippen MR) is 116 cm³/mol. The lowest BCUT2D eigenvalue weighted by atomic mass is 9.97. The first-order chi connectivity index (χ1) is 12.8. The standard InChI is InChI=1S/C24H22BrN/c25-21-15-11-19(12-16-21)20-13-17-24(18-14-20)26(22-7-3-1-4-8-22)23-9-5-2-6-10-23/h1,3-5,7-11,13-15,17-18H,2,6,12,16H2. The van der Waals surface area contributed by atoms with E-state index in [0.717, 1.165) is 25.7 Å². The molecule has 4 rings (SSSR count). The van der Waals surface area contributed by atoms with Crippen molar-refractivity contribution in [2.45, 2.75) is 25.7 Å². The molecule has 26 heavy (non-hydrogen) atoms. The van der Waals surface area contributed by atoms with Crippen LogP contribution in [0.2, 0.25) is 0 Å². The number of benzene rings is 2. The smallest absolute Gasteiger partial charge is 0.0461 e. The van der Waals surface area contributed by atoms with Crippen LogP contribution in [0.25, 0.3) is 5.57 Å². The Balaban J connectivity index is 1.68. The van der Waals surface area contributed by atoms with Crippen molar-refractivity contribution in [1.82, 2.24) is 0 Å². The zero-order valence-electron chi connectivity index (χ0n) is 14.7. The van der Waals surface area contributed by atoms with E-state index in [0.29, 0.717) is 0 Å². The summed E-state index contributed by atoms with van der Waals surface area (Å²) in [6.45, 7) is 0. The van der Waals surface area contributed by atoms with Gasteiger partial charge >= 0.3 is 0 Å². The number of hydrogen-bond acceptors (Lipinski definition) is 1. The first-order valence-electron chi connectivity index (χ1n) is 9.19. The average Bonchev–Trinajstić information content (AvgIpc) is 2.71. The molecule has 0 spiro atoms. The Morgan fingerprint density at radius 2 is 1.54 bits per heavy atom. The molecule has 0 N–H and O–H groups in total. The summed E-state index contributed by atoms with van der Waals surface area (Å²) in [7, 11) is 0. The second kappa shape index (κ2) is 7.92. The molecule has 2 aromatic rings. The lowest BCUT2D eigenvalue weighted by Gasteiger charge is -2.28. The van der Waals surface area contributed by atoms with Gasteiger partial charge in [-0.25, -0.2) is 0 Å². The van der Waals surface area contributed by atoms with E-state index in [4.69, 9.17) is 0 Å². The van der Waals surface area contributed by atoms with Crippen molar-refractivity contribution in [2.75, 3.05) is 4.90 Å². The van der Waals surface area contributed by atoms with Crippen LogP contribution >= 0.6 is 15.9 Å². The summed E-state index contributed by atoms with van der Waals surface area (Å²) in [5.74, 6) is 0. The highest BCUT2D eigenvalue weighted by Crippen LogP contribution is 2.34. The number of para-hydroxylation sites is 1. The van der Waals surface area contributed by atoms with Crippen LogP contribution in [-0.2, 0) is 0 Å². The van der Waals surface area contributed by atoms with E-state index in [-0.39, 0.29) is 0 Å². The van der Waals surface area contributed by atoms with Crippen molar-refractivity contribution < 1.29 is 0 Å². The summed E-state index contributed by atoms with van der Waals surface area (Å²) in [6, 6.07) is 19.6. The normalized spacial score (nSPS) is 16.6. The number of nitrogens with zero attached hydrogens (tertiary/aromatic N) is 1. The zero-order chi connectivity index (χ0) is 17.8. The van der Waals surface area contributed by atoms with Gasteiger partial charge in [0.1, 0.15) is 0 Å². The molecule has 0 heterocycles. The minimum absolute atomic E-state index is 1.08.